The summed E-state index contributed by atoms with van der Waals surface area (Å²) in [6.07, 6.45) is -4.05. The summed E-state index contributed by atoms with van der Waals surface area (Å²) in [6, 6.07) is 16.0. The third-order valence-corrected chi connectivity index (χ3v) is 7.30. The highest BCUT2D eigenvalue weighted by atomic mass is 16.8. The first kappa shape index (κ1) is 22.6. The third-order valence-electron chi connectivity index (χ3n) is 7.30. The Morgan fingerprint density at radius 3 is 1.71 bits per heavy atom. The quantitative estimate of drug-likeness (QED) is 0.721. The molecule has 0 aromatic heterocycles. The van der Waals surface area contributed by atoms with Crippen LogP contribution >= 0.6 is 0 Å². The van der Waals surface area contributed by atoms with E-state index in [1.807, 2.05) is 70.2 Å². The second-order valence-electron chi connectivity index (χ2n) is 10.5. The van der Waals surface area contributed by atoms with E-state index in [4.69, 9.17) is 28.4 Å². The van der Waals surface area contributed by atoms with E-state index in [2.05, 4.69) is 6.07 Å². The number of benzene rings is 2. The van der Waals surface area contributed by atoms with Gasteiger partial charge in [-0.25, -0.2) is 0 Å². The van der Waals surface area contributed by atoms with Gasteiger partial charge in [-0.2, -0.15) is 0 Å². The summed E-state index contributed by atoms with van der Waals surface area (Å²) in [5, 5.41) is 11.5. The van der Waals surface area contributed by atoms with E-state index in [1.165, 1.54) is 0 Å². The van der Waals surface area contributed by atoms with E-state index < -0.39 is 42.1 Å². The van der Waals surface area contributed by atoms with Crippen molar-refractivity contribution in [3.05, 3.63) is 70.8 Å². The molecule has 2 aliphatic heterocycles. The number of methoxy groups -OCH3 is 1. The Bertz CT molecular complexity index is 1080. The third kappa shape index (κ3) is 3.45. The molecule has 0 radical (unpaired) electrons. The van der Waals surface area contributed by atoms with E-state index in [1.54, 1.807) is 7.11 Å². The number of ether oxygens (including phenoxy) is 6. The summed E-state index contributed by atoms with van der Waals surface area (Å²) >= 11 is 0. The molecule has 0 amide bonds. The van der Waals surface area contributed by atoms with Gasteiger partial charge in [0.1, 0.15) is 48.8 Å². The molecule has 8 atom stereocenters. The van der Waals surface area contributed by atoms with Crippen LogP contribution in [0.25, 0.3) is 0 Å². The van der Waals surface area contributed by atoms with Crippen LogP contribution in [0.4, 0.5) is 0 Å². The van der Waals surface area contributed by atoms with Gasteiger partial charge in [0, 0.05) is 7.11 Å². The van der Waals surface area contributed by atoms with Gasteiger partial charge in [-0.1, -0.05) is 48.5 Å². The topological polar surface area (TPSA) is 75.6 Å². The van der Waals surface area contributed by atoms with Crippen molar-refractivity contribution in [3.8, 4) is 0 Å². The largest absolute Gasteiger partial charge is 0.387 e. The molecule has 7 nitrogen and oxygen atoms in total. The van der Waals surface area contributed by atoms with E-state index in [0.29, 0.717) is 0 Å². The van der Waals surface area contributed by atoms with Crippen molar-refractivity contribution in [1.82, 2.24) is 0 Å². The number of aliphatic hydroxyl groups is 1. The number of hydrogen-bond acceptors (Lipinski definition) is 7. The summed E-state index contributed by atoms with van der Waals surface area (Å²) < 4.78 is 37.8. The molecular weight excluding hydrogens is 436 g/mol. The van der Waals surface area contributed by atoms with Crippen molar-refractivity contribution in [2.45, 2.75) is 88.1 Å². The van der Waals surface area contributed by atoms with Gasteiger partial charge in [0.2, 0.25) is 0 Å². The van der Waals surface area contributed by atoms with Gasteiger partial charge in [0.25, 0.3) is 0 Å². The molecule has 0 saturated carbocycles. The second-order valence-corrected chi connectivity index (χ2v) is 10.5. The van der Waals surface area contributed by atoms with Crippen molar-refractivity contribution >= 4 is 0 Å². The molecule has 2 aromatic carbocycles. The van der Waals surface area contributed by atoms with Crippen molar-refractivity contribution in [3.63, 3.8) is 0 Å². The molecule has 6 rings (SSSR count). The lowest BCUT2D eigenvalue weighted by Gasteiger charge is -2.43. The van der Waals surface area contributed by atoms with Crippen molar-refractivity contribution in [2.24, 2.45) is 0 Å². The van der Waals surface area contributed by atoms with Gasteiger partial charge in [-0.05, 0) is 49.9 Å². The highest BCUT2D eigenvalue weighted by Gasteiger charge is 2.57. The first-order valence-electron chi connectivity index (χ1n) is 11.9. The standard InChI is InChI=1S/C27H32O7/c1-26(2)31-21-16-12-8-6-10-14(16)19(18(28)23(21)33-26)30-24-20(29-5)15-11-7-9-13-17(15)22-25(24)34-27(3,4)32-22/h6-13,18-25,28H,1-5H3/t18-,19+,20+,21+,22-,23-,24-,25-/m1/s1. The lowest BCUT2D eigenvalue weighted by atomic mass is 9.81. The van der Waals surface area contributed by atoms with Crippen molar-refractivity contribution < 1.29 is 33.5 Å². The van der Waals surface area contributed by atoms with Crippen LogP contribution in [0.5, 0.6) is 0 Å². The maximum atomic E-state index is 11.5. The molecule has 1 N–H and O–H groups in total. The number of aliphatic hydroxyl groups excluding tert-OH is 1. The Hall–Kier alpha value is -1.84. The lowest BCUT2D eigenvalue weighted by Crippen LogP contribution is -2.48. The summed E-state index contributed by atoms with van der Waals surface area (Å²) in [6.45, 7) is 7.56. The highest BCUT2D eigenvalue weighted by Crippen LogP contribution is 2.53. The van der Waals surface area contributed by atoms with E-state index >= 15 is 0 Å². The number of hydrogen-bond donors (Lipinski definition) is 1. The summed E-state index contributed by atoms with van der Waals surface area (Å²) in [5.74, 6) is -1.57. The van der Waals surface area contributed by atoms with Gasteiger partial charge in [-0.15, -0.1) is 0 Å². The van der Waals surface area contributed by atoms with Crippen LogP contribution in [-0.4, -0.2) is 48.2 Å². The van der Waals surface area contributed by atoms with E-state index in [0.717, 1.165) is 22.3 Å². The lowest BCUT2D eigenvalue weighted by molar-refractivity contribution is -0.212. The van der Waals surface area contributed by atoms with Gasteiger partial charge < -0.3 is 33.5 Å². The minimum absolute atomic E-state index is 0.295. The molecule has 0 unspecified atom stereocenters. The summed E-state index contributed by atoms with van der Waals surface area (Å²) in [5.41, 5.74) is 3.92. The Morgan fingerprint density at radius 1 is 0.676 bits per heavy atom. The van der Waals surface area contributed by atoms with Gasteiger partial charge in [0.05, 0.1) is 0 Å². The van der Waals surface area contributed by atoms with Crippen LogP contribution in [0, 0.1) is 0 Å². The Labute approximate surface area is 199 Å². The summed E-state index contributed by atoms with van der Waals surface area (Å²) in [7, 11) is 1.68. The average molecular weight is 469 g/mol. The predicted molar refractivity (Wildman–Crippen MR) is 122 cm³/mol. The minimum Gasteiger partial charge on any atom is -0.387 e. The number of rotatable bonds is 3. The molecule has 7 heteroatoms. The fraction of sp³-hybridized carbons (Fsp3) is 0.556. The zero-order valence-corrected chi connectivity index (χ0v) is 20.1. The molecular formula is C27H32O7. The maximum Gasteiger partial charge on any atom is 0.164 e. The molecule has 2 heterocycles. The van der Waals surface area contributed by atoms with Gasteiger partial charge in [-0.3, -0.25) is 0 Å². The monoisotopic (exact) mass is 468 g/mol. The van der Waals surface area contributed by atoms with Crippen LogP contribution in [-0.2, 0) is 28.4 Å². The SMILES string of the molecule is CO[C@H]1c2ccccc2[C@H]2OC(C)(C)O[C@H]2[C@@H]1O[C@H]1c2ccccc2[C@@H]2OC(C)(C)O[C@@H]2[C@@H]1O. The Kier molecular flexibility index (Phi) is 5.21. The van der Waals surface area contributed by atoms with Crippen LogP contribution < -0.4 is 0 Å². The molecule has 2 fully saturated rings. The highest BCUT2D eigenvalue weighted by molar-refractivity contribution is 5.39. The van der Waals surface area contributed by atoms with E-state index in [9.17, 15) is 5.11 Å². The van der Waals surface area contributed by atoms with E-state index in [-0.39, 0.29) is 18.3 Å². The molecule has 0 spiro atoms. The summed E-state index contributed by atoms with van der Waals surface area (Å²) in [4.78, 5) is 0. The predicted octanol–water partition coefficient (Wildman–Crippen LogP) is 4.27. The second kappa shape index (κ2) is 7.83. The zero-order valence-electron chi connectivity index (χ0n) is 20.1. The first-order valence-corrected chi connectivity index (χ1v) is 11.9. The fourth-order valence-electron chi connectivity index (χ4n) is 6.05. The van der Waals surface area contributed by atoms with Crippen LogP contribution in [0.2, 0.25) is 0 Å². The smallest absolute Gasteiger partial charge is 0.164 e. The Balaban J connectivity index is 1.41. The van der Waals surface area contributed by atoms with Crippen LogP contribution in [0.15, 0.2) is 48.5 Å². The minimum atomic E-state index is -0.926. The molecule has 0 bridgehead atoms. The average Bonchev–Trinajstić information content (AvgIpc) is 3.31. The number of fused-ring (bicyclic) bond motifs is 6. The molecule has 34 heavy (non-hydrogen) atoms. The zero-order chi connectivity index (χ0) is 23.8. The van der Waals surface area contributed by atoms with Crippen molar-refractivity contribution in [2.75, 3.05) is 7.11 Å². The molecule has 182 valence electrons. The van der Waals surface area contributed by atoms with Crippen LogP contribution in [0.1, 0.15) is 74.4 Å². The van der Waals surface area contributed by atoms with Gasteiger partial charge in [0.15, 0.2) is 11.6 Å². The first-order chi connectivity index (χ1) is 16.2. The molecule has 2 aliphatic carbocycles. The molecule has 4 aliphatic rings. The molecule has 2 saturated heterocycles. The van der Waals surface area contributed by atoms with Crippen LogP contribution in [0.3, 0.4) is 0 Å². The normalized spacial score (nSPS) is 39.1. The maximum absolute atomic E-state index is 11.5. The van der Waals surface area contributed by atoms with Crippen molar-refractivity contribution in [1.29, 1.82) is 0 Å². The fourth-order valence-corrected chi connectivity index (χ4v) is 6.05. The Morgan fingerprint density at radius 2 is 1.15 bits per heavy atom. The molecule has 2 aromatic rings. The van der Waals surface area contributed by atoms with Gasteiger partial charge >= 0.3 is 0 Å².